The van der Waals surface area contributed by atoms with Gasteiger partial charge in [0.1, 0.15) is 0 Å². The lowest BCUT2D eigenvalue weighted by molar-refractivity contribution is -0.123. The van der Waals surface area contributed by atoms with E-state index in [0.717, 1.165) is 12.0 Å². The Labute approximate surface area is 96.5 Å². The van der Waals surface area contributed by atoms with E-state index in [0.29, 0.717) is 0 Å². The molecule has 0 heterocycles. The molecule has 2 N–H and O–H groups in total. The molecule has 1 aromatic carbocycles. The molecule has 0 fully saturated rings. The summed E-state index contributed by atoms with van der Waals surface area (Å²) in [5.41, 5.74) is 1.02. The van der Waals surface area contributed by atoms with Gasteiger partial charge in [0.15, 0.2) is 0 Å². The first-order valence-electron chi connectivity index (χ1n) is 5.65. The van der Waals surface area contributed by atoms with Crippen LogP contribution in [-0.2, 0) is 4.79 Å². The summed E-state index contributed by atoms with van der Waals surface area (Å²) >= 11 is 0. The Morgan fingerprint density at radius 2 is 2.00 bits per heavy atom. The largest absolute Gasteiger partial charge is 0.394 e. The minimum Gasteiger partial charge on any atom is -0.394 e. The summed E-state index contributed by atoms with van der Waals surface area (Å²) in [6.45, 7) is 3.74. The maximum atomic E-state index is 11.9. The third kappa shape index (κ3) is 3.35. The standard InChI is InChI=1S/C13H19NO2/c1-3-12(11-7-5-4-6-8-11)13(16)14-10(2)9-15/h4-8,10,12,15H,3,9H2,1-2H3,(H,14,16)/t10-,12?/m0/s1. The van der Waals surface area contributed by atoms with Crippen LogP contribution in [0.1, 0.15) is 31.7 Å². The summed E-state index contributed by atoms with van der Waals surface area (Å²) in [6.07, 6.45) is 0.758. The molecule has 0 aliphatic heterocycles. The molecule has 1 unspecified atom stereocenters. The van der Waals surface area contributed by atoms with E-state index in [9.17, 15) is 4.79 Å². The molecule has 0 aromatic heterocycles. The number of carbonyl (C=O) groups is 1. The van der Waals surface area contributed by atoms with Crippen LogP contribution in [0.4, 0.5) is 0 Å². The van der Waals surface area contributed by atoms with Gasteiger partial charge in [-0.1, -0.05) is 37.3 Å². The molecule has 1 amide bonds. The van der Waals surface area contributed by atoms with Crippen molar-refractivity contribution in [3.8, 4) is 0 Å². The first-order chi connectivity index (χ1) is 7.69. The van der Waals surface area contributed by atoms with Gasteiger partial charge in [-0.25, -0.2) is 0 Å². The van der Waals surface area contributed by atoms with E-state index in [1.54, 1.807) is 6.92 Å². The maximum absolute atomic E-state index is 11.9. The Kier molecular flexibility index (Phi) is 4.99. The molecule has 3 heteroatoms. The Hall–Kier alpha value is -1.35. The van der Waals surface area contributed by atoms with Crippen molar-refractivity contribution in [1.29, 1.82) is 0 Å². The number of aliphatic hydroxyl groups excluding tert-OH is 1. The van der Waals surface area contributed by atoms with Crippen LogP contribution in [0.25, 0.3) is 0 Å². The van der Waals surface area contributed by atoms with E-state index in [1.165, 1.54) is 0 Å². The average molecular weight is 221 g/mol. The zero-order valence-corrected chi connectivity index (χ0v) is 9.81. The molecular weight excluding hydrogens is 202 g/mol. The predicted octanol–water partition coefficient (Wildman–Crippen LogP) is 1.68. The highest BCUT2D eigenvalue weighted by molar-refractivity contribution is 5.83. The highest BCUT2D eigenvalue weighted by Crippen LogP contribution is 2.19. The van der Waals surface area contributed by atoms with E-state index < -0.39 is 0 Å². The number of hydrogen-bond acceptors (Lipinski definition) is 2. The molecule has 1 rings (SSSR count). The van der Waals surface area contributed by atoms with Gasteiger partial charge >= 0.3 is 0 Å². The van der Waals surface area contributed by atoms with Crippen LogP contribution in [-0.4, -0.2) is 23.7 Å². The molecule has 0 bridgehead atoms. The second-order valence-corrected chi connectivity index (χ2v) is 3.96. The van der Waals surface area contributed by atoms with Crippen LogP contribution in [0, 0.1) is 0 Å². The first-order valence-corrected chi connectivity index (χ1v) is 5.65. The van der Waals surface area contributed by atoms with Gasteiger partial charge in [0, 0.05) is 6.04 Å². The minimum atomic E-state index is -0.190. The Bertz CT molecular complexity index is 324. The van der Waals surface area contributed by atoms with Gasteiger partial charge in [0.25, 0.3) is 0 Å². The maximum Gasteiger partial charge on any atom is 0.227 e. The first kappa shape index (κ1) is 12.7. The lowest BCUT2D eigenvalue weighted by Gasteiger charge is -2.18. The quantitative estimate of drug-likeness (QED) is 0.794. The van der Waals surface area contributed by atoms with Crippen molar-refractivity contribution >= 4 is 5.91 Å². The minimum absolute atomic E-state index is 0.0183. The van der Waals surface area contributed by atoms with Crippen LogP contribution in [0.15, 0.2) is 30.3 Å². The van der Waals surface area contributed by atoms with Gasteiger partial charge in [-0.2, -0.15) is 0 Å². The number of rotatable bonds is 5. The number of nitrogens with one attached hydrogen (secondary N) is 1. The molecule has 0 saturated heterocycles. The molecule has 0 radical (unpaired) electrons. The summed E-state index contributed by atoms with van der Waals surface area (Å²) in [4.78, 5) is 11.9. The van der Waals surface area contributed by atoms with Crippen LogP contribution < -0.4 is 5.32 Å². The van der Waals surface area contributed by atoms with Gasteiger partial charge < -0.3 is 10.4 Å². The smallest absolute Gasteiger partial charge is 0.227 e. The molecular formula is C13H19NO2. The Morgan fingerprint density at radius 3 is 2.50 bits per heavy atom. The molecule has 3 nitrogen and oxygen atoms in total. The molecule has 0 saturated carbocycles. The highest BCUT2D eigenvalue weighted by Gasteiger charge is 2.19. The fraction of sp³-hybridized carbons (Fsp3) is 0.462. The molecule has 0 aliphatic carbocycles. The summed E-state index contributed by atoms with van der Waals surface area (Å²) in [7, 11) is 0. The number of carbonyl (C=O) groups excluding carboxylic acids is 1. The Balaban J connectivity index is 2.71. The fourth-order valence-corrected chi connectivity index (χ4v) is 1.65. The molecule has 16 heavy (non-hydrogen) atoms. The second-order valence-electron chi connectivity index (χ2n) is 3.96. The highest BCUT2D eigenvalue weighted by atomic mass is 16.3. The van der Waals surface area contributed by atoms with E-state index in [2.05, 4.69) is 5.32 Å². The Morgan fingerprint density at radius 1 is 1.38 bits per heavy atom. The topological polar surface area (TPSA) is 49.3 Å². The summed E-state index contributed by atoms with van der Waals surface area (Å²) in [5.74, 6) is -0.148. The second kappa shape index (κ2) is 6.28. The van der Waals surface area contributed by atoms with Crippen molar-refractivity contribution in [3.05, 3.63) is 35.9 Å². The third-order valence-electron chi connectivity index (χ3n) is 2.59. The van der Waals surface area contributed by atoms with Crippen molar-refractivity contribution in [2.24, 2.45) is 0 Å². The van der Waals surface area contributed by atoms with Crippen molar-refractivity contribution in [2.75, 3.05) is 6.61 Å². The zero-order chi connectivity index (χ0) is 12.0. The monoisotopic (exact) mass is 221 g/mol. The number of amides is 1. The van der Waals surface area contributed by atoms with E-state index >= 15 is 0 Å². The van der Waals surface area contributed by atoms with Crippen molar-refractivity contribution in [2.45, 2.75) is 32.2 Å². The lowest BCUT2D eigenvalue weighted by Crippen LogP contribution is -2.38. The molecule has 0 aliphatic rings. The predicted molar refractivity (Wildman–Crippen MR) is 64.2 cm³/mol. The SMILES string of the molecule is CCC(C(=O)N[C@@H](C)CO)c1ccccc1. The van der Waals surface area contributed by atoms with Gasteiger partial charge in [-0.15, -0.1) is 0 Å². The van der Waals surface area contributed by atoms with Crippen LogP contribution in [0.2, 0.25) is 0 Å². The summed E-state index contributed by atoms with van der Waals surface area (Å²) in [6, 6.07) is 9.52. The lowest BCUT2D eigenvalue weighted by atomic mass is 9.95. The van der Waals surface area contributed by atoms with Gasteiger partial charge in [0.2, 0.25) is 5.91 Å². The third-order valence-corrected chi connectivity index (χ3v) is 2.59. The molecule has 2 atom stereocenters. The van der Waals surface area contributed by atoms with Crippen LogP contribution in [0.5, 0.6) is 0 Å². The van der Waals surface area contributed by atoms with Gasteiger partial charge in [0.05, 0.1) is 12.5 Å². The normalized spacial score (nSPS) is 14.2. The fourth-order valence-electron chi connectivity index (χ4n) is 1.65. The van der Waals surface area contributed by atoms with E-state index in [4.69, 9.17) is 5.11 Å². The average Bonchev–Trinajstić information content (AvgIpc) is 2.31. The molecule has 1 aromatic rings. The van der Waals surface area contributed by atoms with Crippen LogP contribution >= 0.6 is 0 Å². The van der Waals surface area contributed by atoms with Crippen molar-refractivity contribution in [3.63, 3.8) is 0 Å². The number of benzene rings is 1. The molecule has 0 spiro atoms. The van der Waals surface area contributed by atoms with Crippen molar-refractivity contribution < 1.29 is 9.90 Å². The van der Waals surface area contributed by atoms with Gasteiger partial charge in [-0.05, 0) is 18.9 Å². The summed E-state index contributed by atoms with van der Waals surface area (Å²) in [5, 5.41) is 11.7. The molecule has 88 valence electrons. The van der Waals surface area contributed by atoms with Crippen LogP contribution in [0.3, 0.4) is 0 Å². The number of hydrogen-bond donors (Lipinski definition) is 2. The van der Waals surface area contributed by atoms with Gasteiger partial charge in [-0.3, -0.25) is 4.79 Å². The van der Waals surface area contributed by atoms with E-state index in [1.807, 2.05) is 37.3 Å². The van der Waals surface area contributed by atoms with Crippen molar-refractivity contribution in [1.82, 2.24) is 5.32 Å². The zero-order valence-electron chi connectivity index (χ0n) is 9.81. The van der Waals surface area contributed by atoms with E-state index in [-0.39, 0.29) is 24.5 Å². The number of aliphatic hydroxyl groups is 1. The summed E-state index contributed by atoms with van der Waals surface area (Å²) < 4.78 is 0.